The molecule has 0 radical (unpaired) electrons. The molecule has 2 rings (SSSR count). The third kappa shape index (κ3) is 2.64. The molecule has 90 valence electrons. The molecule has 0 N–H and O–H groups in total. The minimum absolute atomic E-state index is 0.0786. The van der Waals surface area contributed by atoms with Crippen LogP contribution < -0.4 is 0 Å². The van der Waals surface area contributed by atoms with Gasteiger partial charge in [0.1, 0.15) is 6.29 Å². The Balaban J connectivity index is 2.26. The molecule has 17 heavy (non-hydrogen) atoms. The highest BCUT2D eigenvalue weighted by molar-refractivity contribution is 5.72. The Labute approximate surface area is 102 Å². The van der Waals surface area contributed by atoms with E-state index in [2.05, 4.69) is 25.1 Å². The van der Waals surface area contributed by atoms with Gasteiger partial charge < -0.3 is 4.74 Å². The number of carbonyl (C=O) groups is 1. The Kier molecular flexibility index (Phi) is 3.75. The summed E-state index contributed by atoms with van der Waals surface area (Å²) >= 11 is 0. The molecule has 0 fully saturated rings. The lowest BCUT2D eigenvalue weighted by atomic mass is 9.89. The van der Waals surface area contributed by atoms with E-state index in [-0.39, 0.29) is 12.0 Å². The lowest BCUT2D eigenvalue weighted by Crippen LogP contribution is -2.21. The van der Waals surface area contributed by atoms with Crippen molar-refractivity contribution < 1.29 is 9.53 Å². The molecule has 2 nitrogen and oxygen atoms in total. The van der Waals surface area contributed by atoms with Gasteiger partial charge in [-0.2, -0.15) is 0 Å². The van der Waals surface area contributed by atoms with Gasteiger partial charge in [-0.3, -0.25) is 4.79 Å². The molecule has 2 unspecified atom stereocenters. The Morgan fingerprint density at radius 3 is 3.00 bits per heavy atom. The molecule has 0 amide bonds. The molecule has 0 saturated carbocycles. The van der Waals surface area contributed by atoms with Gasteiger partial charge in [0.15, 0.2) is 0 Å². The average Bonchev–Trinajstić information content (AvgIpc) is 2.37. The SMILES string of the molecule is C/C(C=O)=C\C(C)C1OCCc2ccccc21. The molecule has 1 heterocycles. The summed E-state index contributed by atoms with van der Waals surface area (Å²) in [6, 6.07) is 8.40. The number of aldehydes is 1. The summed E-state index contributed by atoms with van der Waals surface area (Å²) in [7, 11) is 0. The number of carbonyl (C=O) groups excluding carboxylic acids is 1. The van der Waals surface area contributed by atoms with Crippen molar-refractivity contribution in [1.82, 2.24) is 0 Å². The molecule has 0 aliphatic carbocycles. The van der Waals surface area contributed by atoms with Crippen molar-refractivity contribution in [1.29, 1.82) is 0 Å². The molecule has 0 aromatic heterocycles. The fourth-order valence-electron chi connectivity index (χ4n) is 2.40. The first-order chi connectivity index (χ1) is 8.22. The number of hydrogen-bond donors (Lipinski definition) is 0. The Morgan fingerprint density at radius 1 is 1.47 bits per heavy atom. The lowest BCUT2D eigenvalue weighted by molar-refractivity contribution is -0.104. The molecule has 0 bridgehead atoms. The number of allylic oxidation sites excluding steroid dienone is 1. The van der Waals surface area contributed by atoms with E-state index in [4.69, 9.17) is 4.74 Å². The van der Waals surface area contributed by atoms with Crippen LogP contribution in [-0.2, 0) is 16.0 Å². The molecule has 0 spiro atoms. The zero-order valence-electron chi connectivity index (χ0n) is 10.3. The van der Waals surface area contributed by atoms with Crippen LogP contribution in [0.5, 0.6) is 0 Å². The van der Waals surface area contributed by atoms with Gasteiger partial charge in [-0.25, -0.2) is 0 Å². The van der Waals surface area contributed by atoms with Crippen molar-refractivity contribution in [2.24, 2.45) is 5.92 Å². The van der Waals surface area contributed by atoms with Crippen molar-refractivity contribution in [3.8, 4) is 0 Å². The Bertz CT molecular complexity index is 434. The third-order valence-corrected chi connectivity index (χ3v) is 3.22. The molecule has 1 aromatic carbocycles. The van der Waals surface area contributed by atoms with Crippen LogP contribution in [0, 0.1) is 5.92 Å². The normalized spacial score (nSPS) is 21.8. The van der Waals surface area contributed by atoms with Gasteiger partial charge in [0.2, 0.25) is 0 Å². The summed E-state index contributed by atoms with van der Waals surface area (Å²) in [6.45, 7) is 4.69. The van der Waals surface area contributed by atoms with E-state index in [0.717, 1.165) is 24.9 Å². The summed E-state index contributed by atoms with van der Waals surface area (Å²) < 4.78 is 5.85. The van der Waals surface area contributed by atoms with Crippen molar-refractivity contribution in [2.45, 2.75) is 26.4 Å². The maximum absolute atomic E-state index is 10.7. The maximum atomic E-state index is 10.7. The highest BCUT2D eigenvalue weighted by atomic mass is 16.5. The standard InChI is InChI=1S/C15H18O2/c1-11(10-16)9-12(2)15-14-6-4-3-5-13(14)7-8-17-15/h3-6,9-10,12,15H,7-8H2,1-2H3/b11-9+. The average molecular weight is 230 g/mol. The topological polar surface area (TPSA) is 26.3 Å². The number of rotatable bonds is 3. The summed E-state index contributed by atoms with van der Waals surface area (Å²) in [4.78, 5) is 10.7. The maximum Gasteiger partial charge on any atom is 0.145 e. The van der Waals surface area contributed by atoms with Crippen molar-refractivity contribution >= 4 is 6.29 Å². The first-order valence-corrected chi connectivity index (χ1v) is 6.05. The van der Waals surface area contributed by atoms with Gasteiger partial charge in [0.05, 0.1) is 12.7 Å². The molecule has 2 heteroatoms. The molecule has 1 aliphatic rings. The van der Waals surface area contributed by atoms with E-state index < -0.39 is 0 Å². The first-order valence-electron chi connectivity index (χ1n) is 6.05. The van der Waals surface area contributed by atoms with Crippen molar-refractivity contribution in [3.05, 3.63) is 47.0 Å². The van der Waals surface area contributed by atoms with Crippen LogP contribution >= 0.6 is 0 Å². The summed E-state index contributed by atoms with van der Waals surface area (Å²) in [5.74, 6) is 0.224. The largest absolute Gasteiger partial charge is 0.373 e. The van der Waals surface area contributed by atoms with Crippen LogP contribution in [0.25, 0.3) is 0 Å². The summed E-state index contributed by atoms with van der Waals surface area (Å²) in [5, 5.41) is 0. The molecular formula is C15H18O2. The van der Waals surface area contributed by atoms with Gasteiger partial charge >= 0.3 is 0 Å². The second-order valence-electron chi connectivity index (χ2n) is 4.63. The molecule has 1 aliphatic heterocycles. The van der Waals surface area contributed by atoms with E-state index in [1.165, 1.54) is 11.1 Å². The van der Waals surface area contributed by atoms with Gasteiger partial charge in [-0.15, -0.1) is 0 Å². The van der Waals surface area contributed by atoms with Gasteiger partial charge in [0.25, 0.3) is 0 Å². The molecule has 0 saturated heterocycles. The minimum Gasteiger partial charge on any atom is -0.373 e. The lowest BCUT2D eigenvalue weighted by Gasteiger charge is -2.29. The van der Waals surface area contributed by atoms with Crippen molar-refractivity contribution in [2.75, 3.05) is 6.61 Å². The van der Waals surface area contributed by atoms with E-state index in [9.17, 15) is 4.79 Å². The highest BCUT2D eigenvalue weighted by Crippen LogP contribution is 2.33. The van der Waals surface area contributed by atoms with Gasteiger partial charge in [0, 0.05) is 5.92 Å². The molecule has 1 aromatic rings. The number of hydrogen-bond acceptors (Lipinski definition) is 2. The first kappa shape index (κ1) is 12.1. The van der Waals surface area contributed by atoms with Crippen LogP contribution in [0.4, 0.5) is 0 Å². The number of benzene rings is 1. The van der Waals surface area contributed by atoms with Crippen LogP contribution in [0.1, 0.15) is 31.1 Å². The van der Waals surface area contributed by atoms with Gasteiger partial charge in [-0.05, 0) is 30.0 Å². The summed E-state index contributed by atoms with van der Waals surface area (Å²) in [6.07, 6.45) is 3.94. The zero-order chi connectivity index (χ0) is 12.3. The van der Waals surface area contributed by atoms with Crippen molar-refractivity contribution in [3.63, 3.8) is 0 Å². The third-order valence-electron chi connectivity index (χ3n) is 3.22. The quantitative estimate of drug-likeness (QED) is 0.589. The number of fused-ring (bicyclic) bond motifs is 1. The van der Waals surface area contributed by atoms with E-state index in [0.29, 0.717) is 0 Å². The highest BCUT2D eigenvalue weighted by Gasteiger charge is 2.24. The fraction of sp³-hybridized carbons (Fsp3) is 0.400. The van der Waals surface area contributed by atoms with Crippen LogP contribution in [0.3, 0.4) is 0 Å². The molecule has 2 atom stereocenters. The monoisotopic (exact) mass is 230 g/mol. The minimum atomic E-state index is 0.0786. The Morgan fingerprint density at radius 2 is 2.24 bits per heavy atom. The zero-order valence-corrected chi connectivity index (χ0v) is 10.3. The predicted molar refractivity (Wildman–Crippen MR) is 67.8 cm³/mol. The summed E-state index contributed by atoms with van der Waals surface area (Å²) in [5.41, 5.74) is 3.40. The van der Waals surface area contributed by atoms with E-state index in [1.807, 2.05) is 19.1 Å². The van der Waals surface area contributed by atoms with Gasteiger partial charge in [-0.1, -0.05) is 37.3 Å². The van der Waals surface area contributed by atoms with Crippen LogP contribution in [-0.4, -0.2) is 12.9 Å². The van der Waals surface area contributed by atoms with Crippen LogP contribution in [0.2, 0.25) is 0 Å². The smallest absolute Gasteiger partial charge is 0.145 e. The second-order valence-corrected chi connectivity index (χ2v) is 4.63. The van der Waals surface area contributed by atoms with E-state index in [1.54, 1.807) is 0 Å². The molecular weight excluding hydrogens is 212 g/mol. The van der Waals surface area contributed by atoms with Crippen LogP contribution in [0.15, 0.2) is 35.9 Å². The number of ether oxygens (including phenoxy) is 1. The van der Waals surface area contributed by atoms with E-state index >= 15 is 0 Å². The second kappa shape index (κ2) is 5.28. The fourth-order valence-corrected chi connectivity index (χ4v) is 2.40. The predicted octanol–water partition coefficient (Wildman–Crippen LogP) is 3.08. The Hall–Kier alpha value is -1.41.